The van der Waals surface area contributed by atoms with E-state index in [0.29, 0.717) is 5.41 Å². The van der Waals surface area contributed by atoms with Crippen LogP contribution in [0.2, 0.25) is 0 Å². The van der Waals surface area contributed by atoms with E-state index in [1.165, 1.54) is 34.4 Å². The summed E-state index contributed by atoms with van der Waals surface area (Å²) >= 11 is 1.84. The molecule has 2 aromatic rings. The molecule has 1 aliphatic rings. The zero-order valence-electron chi connectivity index (χ0n) is 10.1. The molecule has 2 heteroatoms. The fraction of sp³-hybridized carbons (Fsp3) is 0.333. The van der Waals surface area contributed by atoms with Crippen molar-refractivity contribution in [3.63, 3.8) is 0 Å². The Labute approximate surface area is 106 Å². The lowest BCUT2D eigenvalue weighted by molar-refractivity contribution is 0.708. The van der Waals surface area contributed by atoms with Crippen LogP contribution in [-0.2, 0) is 5.41 Å². The maximum atomic E-state index is 5.88. The van der Waals surface area contributed by atoms with Gasteiger partial charge in [-0.3, -0.25) is 0 Å². The molecule has 0 atom stereocenters. The van der Waals surface area contributed by atoms with Crippen molar-refractivity contribution in [2.45, 2.75) is 25.2 Å². The first-order valence-electron chi connectivity index (χ1n) is 6.10. The average molecular weight is 243 g/mol. The molecule has 1 fully saturated rings. The van der Waals surface area contributed by atoms with E-state index in [1.807, 2.05) is 11.3 Å². The average Bonchev–Trinajstić information content (AvgIpc) is 2.99. The predicted octanol–water partition coefficient (Wildman–Crippen LogP) is 3.71. The highest BCUT2D eigenvalue weighted by Crippen LogP contribution is 2.49. The van der Waals surface area contributed by atoms with Crippen LogP contribution in [-0.4, -0.2) is 6.54 Å². The topological polar surface area (TPSA) is 26.0 Å². The van der Waals surface area contributed by atoms with Crippen molar-refractivity contribution in [3.05, 3.63) is 46.8 Å². The van der Waals surface area contributed by atoms with Crippen LogP contribution in [0.3, 0.4) is 0 Å². The largest absolute Gasteiger partial charge is 0.330 e. The summed E-state index contributed by atoms with van der Waals surface area (Å²) in [6.07, 6.45) is 2.51. The fourth-order valence-corrected chi connectivity index (χ4v) is 3.36. The number of thiophene rings is 1. The highest BCUT2D eigenvalue weighted by molar-refractivity contribution is 7.13. The second kappa shape index (κ2) is 3.97. The molecule has 88 valence electrons. The summed E-state index contributed by atoms with van der Waals surface area (Å²) in [4.78, 5) is 1.36. The molecule has 1 saturated carbocycles. The summed E-state index contributed by atoms with van der Waals surface area (Å²) in [6.45, 7) is 2.93. The van der Waals surface area contributed by atoms with E-state index in [2.05, 4.69) is 42.6 Å². The van der Waals surface area contributed by atoms with Crippen LogP contribution < -0.4 is 5.73 Å². The molecule has 1 heterocycles. The van der Waals surface area contributed by atoms with Gasteiger partial charge in [-0.25, -0.2) is 0 Å². The second-order valence-corrected chi connectivity index (χ2v) is 5.96. The minimum atomic E-state index is 0.318. The Morgan fingerprint density at radius 2 is 2.12 bits per heavy atom. The molecule has 1 aromatic heterocycles. The third-order valence-electron chi connectivity index (χ3n) is 3.76. The molecule has 0 amide bonds. The van der Waals surface area contributed by atoms with Crippen LogP contribution in [0.1, 0.15) is 24.0 Å². The highest BCUT2D eigenvalue weighted by atomic mass is 32.1. The van der Waals surface area contributed by atoms with E-state index in [9.17, 15) is 0 Å². The van der Waals surface area contributed by atoms with Gasteiger partial charge in [0.25, 0.3) is 0 Å². The molecule has 0 spiro atoms. The number of hydrogen-bond donors (Lipinski definition) is 1. The normalized spacial score (nSPS) is 17.1. The summed E-state index contributed by atoms with van der Waals surface area (Å²) in [5, 5.41) is 2.29. The molecule has 0 bridgehead atoms. The monoisotopic (exact) mass is 243 g/mol. The van der Waals surface area contributed by atoms with Crippen molar-refractivity contribution >= 4 is 11.3 Å². The Bertz CT molecular complexity index is 537. The first-order chi connectivity index (χ1) is 8.23. The van der Waals surface area contributed by atoms with Gasteiger partial charge in [0.15, 0.2) is 0 Å². The number of rotatable bonds is 3. The lowest BCUT2D eigenvalue weighted by Gasteiger charge is -2.08. The molecule has 1 nitrogen and oxygen atoms in total. The number of aryl methyl sites for hydroxylation is 1. The summed E-state index contributed by atoms with van der Waals surface area (Å²) < 4.78 is 0. The zero-order chi connectivity index (χ0) is 11.9. The molecule has 17 heavy (non-hydrogen) atoms. The molecule has 0 unspecified atom stereocenters. The molecule has 3 rings (SSSR count). The van der Waals surface area contributed by atoms with Crippen molar-refractivity contribution in [1.29, 1.82) is 0 Å². The van der Waals surface area contributed by atoms with Gasteiger partial charge in [-0.2, -0.15) is 0 Å². The molecule has 1 aromatic carbocycles. The molecule has 1 aliphatic carbocycles. The van der Waals surface area contributed by atoms with Crippen LogP contribution in [0.4, 0.5) is 0 Å². The minimum absolute atomic E-state index is 0.318. The van der Waals surface area contributed by atoms with Gasteiger partial charge in [-0.05, 0) is 42.3 Å². The van der Waals surface area contributed by atoms with Crippen LogP contribution >= 0.6 is 11.3 Å². The van der Waals surface area contributed by atoms with Crippen molar-refractivity contribution in [1.82, 2.24) is 0 Å². The number of benzene rings is 1. The molecule has 2 N–H and O–H groups in total. The summed E-state index contributed by atoms with van der Waals surface area (Å²) in [5.74, 6) is 0. The van der Waals surface area contributed by atoms with E-state index < -0.39 is 0 Å². The van der Waals surface area contributed by atoms with Gasteiger partial charge in [-0.15, -0.1) is 11.3 Å². The van der Waals surface area contributed by atoms with Gasteiger partial charge in [0.2, 0.25) is 0 Å². The van der Waals surface area contributed by atoms with Gasteiger partial charge in [-0.1, -0.05) is 29.8 Å². The maximum absolute atomic E-state index is 5.88. The predicted molar refractivity (Wildman–Crippen MR) is 74.5 cm³/mol. The standard InChI is InChI=1S/C15H17NS/c1-11-3-2-4-12(7-11)14-8-13(9-17-14)15(10-16)5-6-15/h2-4,7-9H,5-6,10,16H2,1H3. The third-order valence-corrected chi connectivity index (χ3v) is 4.74. The quantitative estimate of drug-likeness (QED) is 0.873. The first kappa shape index (κ1) is 11.0. The van der Waals surface area contributed by atoms with Crippen LogP contribution in [0, 0.1) is 6.92 Å². The Hall–Kier alpha value is -1.12. The van der Waals surface area contributed by atoms with Crippen LogP contribution in [0.5, 0.6) is 0 Å². The van der Waals surface area contributed by atoms with Gasteiger partial charge < -0.3 is 5.73 Å². The van der Waals surface area contributed by atoms with Crippen molar-refractivity contribution in [3.8, 4) is 10.4 Å². The molecule has 0 saturated heterocycles. The van der Waals surface area contributed by atoms with Crippen molar-refractivity contribution < 1.29 is 0 Å². The van der Waals surface area contributed by atoms with E-state index >= 15 is 0 Å². The SMILES string of the molecule is Cc1cccc(-c2cc(C3(CN)CC3)cs2)c1. The molecular weight excluding hydrogens is 226 g/mol. The highest BCUT2D eigenvalue weighted by Gasteiger charge is 2.43. The van der Waals surface area contributed by atoms with E-state index in [0.717, 1.165) is 6.54 Å². The van der Waals surface area contributed by atoms with Crippen molar-refractivity contribution in [2.75, 3.05) is 6.54 Å². The molecule has 0 radical (unpaired) electrons. The smallest absolute Gasteiger partial charge is 0.0345 e. The van der Waals surface area contributed by atoms with Crippen LogP contribution in [0.25, 0.3) is 10.4 Å². The minimum Gasteiger partial charge on any atom is -0.330 e. The van der Waals surface area contributed by atoms with Gasteiger partial charge >= 0.3 is 0 Å². The van der Waals surface area contributed by atoms with Crippen LogP contribution in [0.15, 0.2) is 35.7 Å². The summed E-state index contributed by atoms with van der Waals surface area (Å²) in [7, 11) is 0. The third kappa shape index (κ3) is 1.92. The maximum Gasteiger partial charge on any atom is 0.0345 e. The fourth-order valence-electron chi connectivity index (χ4n) is 2.33. The van der Waals surface area contributed by atoms with E-state index in [4.69, 9.17) is 5.73 Å². The Morgan fingerprint density at radius 3 is 2.76 bits per heavy atom. The lowest BCUT2D eigenvalue weighted by Crippen LogP contribution is -2.18. The summed E-state index contributed by atoms with van der Waals surface area (Å²) in [5.41, 5.74) is 10.3. The molecular formula is C15H17NS. The first-order valence-corrected chi connectivity index (χ1v) is 6.98. The zero-order valence-corrected chi connectivity index (χ0v) is 10.9. The van der Waals surface area contributed by atoms with Gasteiger partial charge in [0, 0.05) is 16.8 Å². The number of hydrogen-bond acceptors (Lipinski definition) is 2. The van der Waals surface area contributed by atoms with E-state index in [1.54, 1.807) is 0 Å². The second-order valence-electron chi connectivity index (χ2n) is 5.05. The summed E-state index contributed by atoms with van der Waals surface area (Å²) in [6, 6.07) is 11.0. The van der Waals surface area contributed by atoms with Gasteiger partial charge in [0.1, 0.15) is 0 Å². The molecule has 0 aliphatic heterocycles. The van der Waals surface area contributed by atoms with Crippen molar-refractivity contribution in [2.24, 2.45) is 5.73 Å². The lowest BCUT2D eigenvalue weighted by atomic mass is 9.98. The Morgan fingerprint density at radius 1 is 1.29 bits per heavy atom. The number of nitrogens with two attached hydrogens (primary N) is 1. The van der Waals surface area contributed by atoms with E-state index in [-0.39, 0.29) is 0 Å². The van der Waals surface area contributed by atoms with Gasteiger partial charge in [0.05, 0.1) is 0 Å². The Balaban J connectivity index is 1.95. The Kier molecular flexibility index (Phi) is 2.57.